The van der Waals surface area contributed by atoms with Crippen LogP contribution in [-0.4, -0.2) is 43.2 Å². The van der Waals surface area contributed by atoms with Gasteiger partial charge in [0.05, 0.1) is 0 Å². The van der Waals surface area contributed by atoms with Crippen molar-refractivity contribution in [3.05, 3.63) is 0 Å². The molecule has 2 amide bonds. The Bertz CT molecular complexity index is 260. The van der Waals surface area contributed by atoms with E-state index in [1.807, 2.05) is 0 Å². The van der Waals surface area contributed by atoms with Crippen molar-refractivity contribution in [2.75, 3.05) is 26.2 Å². The highest BCUT2D eigenvalue weighted by Crippen LogP contribution is 2.32. The van der Waals surface area contributed by atoms with Gasteiger partial charge in [-0.1, -0.05) is 0 Å². The van der Waals surface area contributed by atoms with Crippen molar-refractivity contribution in [2.45, 2.75) is 51.5 Å². The van der Waals surface area contributed by atoms with Crippen LogP contribution in [0.2, 0.25) is 0 Å². The molecule has 1 saturated carbocycles. The minimum absolute atomic E-state index is 0.00979. The molecule has 1 unspecified atom stereocenters. The Morgan fingerprint density at radius 3 is 2.67 bits per heavy atom. The van der Waals surface area contributed by atoms with Crippen molar-refractivity contribution < 1.29 is 4.79 Å². The highest BCUT2D eigenvalue weighted by atomic mass is 16.2. The molecule has 2 aliphatic rings. The van der Waals surface area contributed by atoms with Crippen LogP contribution in [0, 0.1) is 5.92 Å². The maximum absolute atomic E-state index is 11.6. The molecule has 0 aromatic heterocycles. The highest BCUT2D eigenvalue weighted by molar-refractivity contribution is 5.74. The maximum atomic E-state index is 11.6. The van der Waals surface area contributed by atoms with Gasteiger partial charge in [0.25, 0.3) is 0 Å². The van der Waals surface area contributed by atoms with Crippen LogP contribution in [0.1, 0.15) is 45.4 Å². The third-order valence-electron chi connectivity index (χ3n) is 4.07. The van der Waals surface area contributed by atoms with E-state index in [-0.39, 0.29) is 6.03 Å². The van der Waals surface area contributed by atoms with Crippen molar-refractivity contribution in [3.8, 4) is 0 Å². The van der Waals surface area contributed by atoms with E-state index in [0.717, 1.165) is 18.9 Å². The van der Waals surface area contributed by atoms with Gasteiger partial charge in [-0.05, 0) is 71.0 Å². The van der Waals surface area contributed by atoms with Gasteiger partial charge in [-0.25, -0.2) is 4.79 Å². The summed E-state index contributed by atoms with van der Waals surface area (Å²) >= 11 is 0. The third-order valence-corrected chi connectivity index (χ3v) is 4.07. The summed E-state index contributed by atoms with van der Waals surface area (Å²) < 4.78 is 0. The Kier molecular flexibility index (Phi) is 5.29. The van der Waals surface area contributed by atoms with Crippen LogP contribution in [0.25, 0.3) is 0 Å². The molecule has 2 fully saturated rings. The Balaban J connectivity index is 1.43. The average molecular weight is 253 g/mol. The largest absolute Gasteiger partial charge is 0.338 e. The van der Waals surface area contributed by atoms with Gasteiger partial charge in [0, 0.05) is 12.6 Å². The molecular weight excluding hydrogens is 226 g/mol. The number of carbonyl (C=O) groups is 1. The summed E-state index contributed by atoms with van der Waals surface area (Å²) in [5.41, 5.74) is 0. The summed E-state index contributed by atoms with van der Waals surface area (Å²) in [4.78, 5) is 14.1. The van der Waals surface area contributed by atoms with Gasteiger partial charge in [0.2, 0.25) is 0 Å². The molecule has 2 N–H and O–H groups in total. The molecule has 0 aromatic rings. The van der Waals surface area contributed by atoms with Gasteiger partial charge in [-0.15, -0.1) is 0 Å². The van der Waals surface area contributed by atoms with E-state index in [0.29, 0.717) is 6.04 Å². The molecule has 0 aromatic carbocycles. The second kappa shape index (κ2) is 6.98. The minimum atomic E-state index is 0.00979. The van der Waals surface area contributed by atoms with Crippen LogP contribution in [0.4, 0.5) is 4.79 Å². The molecule has 1 saturated heterocycles. The first-order valence-electron chi connectivity index (χ1n) is 7.52. The van der Waals surface area contributed by atoms with E-state index in [2.05, 4.69) is 22.5 Å². The van der Waals surface area contributed by atoms with Crippen LogP contribution >= 0.6 is 0 Å². The third kappa shape index (κ3) is 4.84. The zero-order chi connectivity index (χ0) is 12.8. The van der Waals surface area contributed by atoms with Crippen molar-refractivity contribution >= 4 is 6.03 Å². The first-order chi connectivity index (χ1) is 8.75. The second-order valence-electron chi connectivity index (χ2n) is 5.78. The molecule has 0 radical (unpaired) electrons. The van der Waals surface area contributed by atoms with E-state index in [4.69, 9.17) is 0 Å². The fourth-order valence-corrected chi connectivity index (χ4v) is 2.64. The molecule has 1 aliphatic heterocycles. The van der Waals surface area contributed by atoms with Gasteiger partial charge in [0.1, 0.15) is 0 Å². The standard InChI is InChI=1S/C14H27N3O/c1-12(13-6-7-13)16-14(18)15-8-2-3-9-17-10-4-5-11-17/h12-13H,2-11H2,1H3,(H2,15,16,18). The molecular formula is C14H27N3O. The lowest BCUT2D eigenvalue weighted by Gasteiger charge is -2.15. The van der Waals surface area contributed by atoms with Crippen molar-refractivity contribution in [1.29, 1.82) is 0 Å². The summed E-state index contributed by atoms with van der Waals surface area (Å²) in [6, 6.07) is 0.352. The zero-order valence-corrected chi connectivity index (χ0v) is 11.6. The predicted octanol–water partition coefficient (Wildman–Crippen LogP) is 1.96. The first kappa shape index (κ1) is 13.7. The SMILES string of the molecule is CC(NC(=O)NCCCCN1CCCC1)C1CC1. The van der Waals surface area contributed by atoms with E-state index in [1.165, 1.54) is 51.7 Å². The van der Waals surface area contributed by atoms with E-state index >= 15 is 0 Å². The lowest BCUT2D eigenvalue weighted by Crippen LogP contribution is -2.42. The fourth-order valence-electron chi connectivity index (χ4n) is 2.64. The van der Waals surface area contributed by atoms with Gasteiger partial charge in [-0.3, -0.25) is 0 Å². The molecule has 4 heteroatoms. The molecule has 1 atom stereocenters. The first-order valence-corrected chi connectivity index (χ1v) is 7.52. The molecule has 4 nitrogen and oxygen atoms in total. The quantitative estimate of drug-likeness (QED) is 0.681. The Morgan fingerprint density at radius 1 is 1.28 bits per heavy atom. The molecule has 0 bridgehead atoms. The van der Waals surface area contributed by atoms with Crippen molar-refractivity contribution in [2.24, 2.45) is 5.92 Å². The summed E-state index contributed by atoms with van der Waals surface area (Å²) in [5, 5.41) is 5.97. The normalized spacial score (nSPS) is 21.8. The molecule has 2 rings (SSSR count). The molecule has 1 heterocycles. The number of carbonyl (C=O) groups excluding carboxylic acids is 1. The Hall–Kier alpha value is -0.770. The lowest BCUT2D eigenvalue weighted by molar-refractivity contribution is 0.236. The van der Waals surface area contributed by atoms with Gasteiger partial charge in [-0.2, -0.15) is 0 Å². The van der Waals surface area contributed by atoms with Gasteiger partial charge >= 0.3 is 6.03 Å². The monoisotopic (exact) mass is 253 g/mol. The summed E-state index contributed by atoms with van der Waals surface area (Å²) in [7, 11) is 0. The molecule has 1 aliphatic carbocycles. The topological polar surface area (TPSA) is 44.4 Å². The number of likely N-dealkylation sites (tertiary alicyclic amines) is 1. The number of hydrogen-bond donors (Lipinski definition) is 2. The highest BCUT2D eigenvalue weighted by Gasteiger charge is 2.28. The number of nitrogens with zero attached hydrogens (tertiary/aromatic N) is 1. The van der Waals surface area contributed by atoms with Crippen LogP contribution in [0.15, 0.2) is 0 Å². The number of hydrogen-bond acceptors (Lipinski definition) is 2. The fraction of sp³-hybridized carbons (Fsp3) is 0.929. The van der Waals surface area contributed by atoms with E-state index in [9.17, 15) is 4.79 Å². The number of rotatable bonds is 7. The number of urea groups is 1. The van der Waals surface area contributed by atoms with E-state index in [1.54, 1.807) is 0 Å². The summed E-state index contributed by atoms with van der Waals surface area (Å²) in [5.74, 6) is 0.728. The smallest absolute Gasteiger partial charge is 0.315 e. The summed E-state index contributed by atoms with van der Waals surface area (Å²) in [6.07, 6.45) is 7.55. The zero-order valence-electron chi connectivity index (χ0n) is 11.6. The Labute approximate surface area is 110 Å². The maximum Gasteiger partial charge on any atom is 0.315 e. The number of unbranched alkanes of at least 4 members (excludes halogenated alkanes) is 1. The van der Waals surface area contributed by atoms with Crippen LogP contribution in [0.3, 0.4) is 0 Å². The molecule has 0 spiro atoms. The molecule has 104 valence electrons. The van der Waals surface area contributed by atoms with Gasteiger partial charge < -0.3 is 15.5 Å². The molecule has 18 heavy (non-hydrogen) atoms. The van der Waals surface area contributed by atoms with E-state index < -0.39 is 0 Å². The second-order valence-corrected chi connectivity index (χ2v) is 5.78. The minimum Gasteiger partial charge on any atom is -0.338 e. The van der Waals surface area contributed by atoms with Crippen LogP contribution in [-0.2, 0) is 0 Å². The Morgan fingerprint density at radius 2 is 2.00 bits per heavy atom. The van der Waals surface area contributed by atoms with Crippen LogP contribution in [0.5, 0.6) is 0 Å². The number of amides is 2. The predicted molar refractivity (Wildman–Crippen MR) is 73.6 cm³/mol. The van der Waals surface area contributed by atoms with Gasteiger partial charge in [0.15, 0.2) is 0 Å². The van der Waals surface area contributed by atoms with Crippen molar-refractivity contribution in [1.82, 2.24) is 15.5 Å². The van der Waals surface area contributed by atoms with Crippen LogP contribution < -0.4 is 10.6 Å². The lowest BCUT2D eigenvalue weighted by atomic mass is 10.2. The summed E-state index contributed by atoms with van der Waals surface area (Å²) in [6.45, 7) is 6.64. The van der Waals surface area contributed by atoms with Crippen molar-refractivity contribution in [3.63, 3.8) is 0 Å². The number of nitrogens with one attached hydrogen (secondary N) is 2. The average Bonchev–Trinajstić information content (AvgIpc) is 3.07.